The van der Waals surface area contributed by atoms with Crippen LogP contribution in [-0.4, -0.2) is 28.3 Å². The third-order valence-electron chi connectivity index (χ3n) is 3.20. The fourth-order valence-corrected chi connectivity index (χ4v) is 2.15. The minimum atomic E-state index is -0.419. The van der Waals surface area contributed by atoms with Gasteiger partial charge in [0, 0.05) is 23.7 Å². The molecule has 1 aromatic heterocycles. The molecule has 7 nitrogen and oxygen atoms in total. The molecule has 8 heteroatoms. The predicted octanol–water partition coefficient (Wildman–Crippen LogP) is 2.56. The first kappa shape index (κ1) is 17.8. The molecule has 2 aromatic rings. The zero-order chi connectivity index (χ0) is 17.5. The molecule has 1 heterocycles. The van der Waals surface area contributed by atoms with E-state index in [1.54, 1.807) is 29.1 Å². The predicted molar refractivity (Wildman–Crippen MR) is 92.9 cm³/mol. The summed E-state index contributed by atoms with van der Waals surface area (Å²) in [6.07, 6.45) is 1.61. The molecule has 0 aliphatic carbocycles. The van der Waals surface area contributed by atoms with Crippen LogP contribution in [0.1, 0.15) is 25.5 Å². The first-order valence-corrected chi connectivity index (χ1v) is 7.93. The van der Waals surface area contributed by atoms with Gasteiger partial charge in [0.15, 0.2) is 0 Å². The van der Waals surface area contributed by atoms with Crippen molar-refractivity contribution >= 4 is 29.4 Å². The highest BCUT2D eigenvalue weighted by atomic mass is 35.5. The van der Waals surface area contributed by atoms with Crippen LogP contribution in [0.15, 0.2) is 36.5 Å². The van der Waals surface area contributed by atoms with Crippen molar-refractivity contribution in [1.82, 2.24) is 20.4 Å². The van der Waals surface area contributed by atoms with Crippen LogP contribution in [-0.2, 0) is 11.3 Å². The number of halogens is 1. The first-order chi connectivity index (χ1) is 11.5. The number of anilines is 1. The lowest BCUT2D eigenvalue weighted by Crippen LogP contribution is -2.39. The van der Waals surface area contributed by atoms with E-state index in [-0.39, 0.29) is 18.5 Å². The summed E-state index contributed by atoms with van der Waals surface area (Å²) in [5, 5.41) is 12.7. The molecule has 24 heavy (non-hydrogen) atoms. The maximum atomic E-state index is 11.9. The van der Waals surface area contributed by atoms with Gasteiger partial charge in [0.2, 0.25) is 5.91 Å². The van der Waals surface area contributed by atoms with Gasteiger partial charge in [-0.25, -0.2) is 9.48 Å². The van der Waals surface area contributed by atoms with Crippen molar-refractivity contribution in [1.29, 1.82) is 0 Å². The Morgan fingerprint density at radius 3 is 2.54 bits per heavy atom. The minimum absolute atomic E-state index is 0.129. The fraction of sp³-hybridized carbons (Fsp3) is 0.312. The molecule has 3 N–H and O–H groups in total. The third-order valence-corrected chi connectivity index (χ3v) is 3.45. The molecule has 0 fully saturated rings. The van der Waals surface area contributed by atoms with E-state index >= 15 is 0 Å². The van der Waals surface area contributed by atoms with Gasteiger partial charge in [-0.3, -0.25) is 4.79 Å². The zero-order valence-corrected chi connectivity index (χ0v) is 14.3. The molecule has 0 unspecified atom stereocenters. The van der Waals surface area contributed by atoms with Gasteiger partial charge in [-0.2, -0.15) is 5.10 Å². The van der Waals surface area contributed by atoms with Crippen molar-refractivity contribution in [2.45, 2.75) is 26.4 Å². The summed E-state index contributed by atoms with van der Waals surface area (Å²) in [6.45, 7) is 4.15. The topological polar surface area (TPSA) is 88.1 Å². The Morgan fingerprint density at radius 2 is 1.88 bits per heavy atom. The summed E-state index contributed by atoms with van der Waals surface area (Å²) in [7, 11) is 0. The average molecular weight is 350 g/mol. The SMILES string of the molecule is CC(C)n1nccc1NC(=O)CNC(=O)NCc1ccc(Cl)cc1. The number of carbonyl (C=O) groups is 2. The second-order valence-electron chi connectivity index (χ2n) is 5.47. The molecular weight excluding hydrogens is 330 g/mol. The monoisotopic (exact) mass is 349 g/mol. The molecule has 0 radical (unpaired) electrons. The number of urea groups is 1. The number of aromatic nitrogens is 2. The zero-order valence-electron chi connectivity index (χ0n) is 13.5. The Hall–Kier alpha value is -2.54. The molecule has 0 spiro atoms. The van der Waals surface area contributed by atoms with E-state index in [1.165, 1.54) is 0 Å². The number of nitrogens with zero attached hydrogens (tertiary/aromatic N) is 2. The van der Waals surface area contributed by atoms with E-state index in [9.17, 15) is 9.59 Å². The Balaban J connectivity index is 1.74. The third kappa shape index (κ3) is 5.27. The molecule has 0 bridgehead atoms. The van der Waals surface area contributed by atoms with Gasteiger partial charge in [0.1, 0.15) is 5.82 Å². The number of carbonyl (C=O) groups excluding carboxylic acids is 2. The molecule has 0 saturated carbocycles. The van der Waals surface area contributed by atoms with Gasteiger partial charge >= 0.3 is 6.03 Å². The summed E-state index contributed by atoms with van der Waals surface area (Å²) < 4.78 is 1.69. The van der Waals surface area contributed by atoms with Gasteiger partial charge in [0.25, 0.3) is 0 Å². The lowest BCUT2D eigenvalue weighted by molar-refractivity contribution is -0.115. The van der Waals surface area contributed by atoms with Crippen LogP contribution in [0.4, 0.5) is 10.6 Å². The van der Waals surface area contributed by atoms with E-state index in [0.717, 1.165) is 5.56 Å². The van der Waals surface area contributed by atoms with Crippen LogP contribution < -0.4 is 16.0 Å². The fourth-order valence-electron chi connectivity index (χ4n) is 2.02. The van der Waals surface area contributed by atoms with E-state index in [2.05, 4.69) is 21.0 Å². The second kappa shape index (κ2) is 8.35. The Labute approximate surface area is 145 Å². The number of nitrogens with one attached hydrogen (secondary N) is 3. The summed E-state index contributed by atoms with van der Waals surface area (Å²) in [4.78, 5) is 23.6. The maximum absolute atomic E-state index is 11.9. The molecule has 0 aliphatic heterocycles. The highest BCUT2D eigenvalue weighted by Crippen LogP contribution is 2.12. The van der Waals surface area contributed by atoms with Gasteiger partial charge in [0.05, 0.1) is 12.7 Å². The minimum Gasteiger partial charge on any atom is -0.334 e. The number of hydrogen-bond acceptors (Lipinski definition) is 3. The standard InChI is InChI=1S/C16H20ClN5O2/c1-11(2)22-14(7-8-20-22)21-15(23)10-19-16(24)18-9-12-3-5-13(17)6-4-12/h3-8,11H,9-10H2,1-2H3,(H,21,23)(H2,18,19,24). The lowest BCUT2D eigenvalue weighted by atomic mass is 10.2. The average Bonchev–Trinajstić information content (AvgIpc) is 3.00. The Bertz CT molecular complexity index is 697. The molecule has 1 aromatic carbocycles. The highest BCUT2D eigenvalue weighted by molar-refractivity contribution is 6.30. The van der Waals surface area contributed by atoms with Crippen LogP contribution in [0.2, 0.25) is 5.02 Å². The van der Waals surface area contributed by atoms with Gasteiger partial charge < -0.3 is 16.0 Å². The number of hydrogen-bond donors (Lipinski definition) is 3. The van der Waals surface area contributed by atoms with Crippen molar-refractivity contribution in [2.75, 3.05) is 11.9 Å². The van der Waals surface area contributed by atoms with Crippen LogP contribution in [0.3, 0.4) is 0 Å². The van der Waals surface area contributed by atoms with Crippen LogP contribution in [0.5, 0.6) is 0 Å². The number of amides is 3. The quantitative estimate of drug-likeness (QED) is 0.748. The van der Waals surface area contributed by atoms with Gasteiger partial charge in [-0.05, 0) is 31.5 Å². The van der Waals surface area contributed by atoms with Crippen molar-refractivity contribution in [3.8, 4) is 0 Å². The summed E-state index contributed by atoms with van der Waals surface area (Å²) >= 11 is 5.80. The molecule has 3 amide bonds. The molecule has 0 atom stereocenters. The largest absolute Gasteiger partial charge is 0.334 e. The Kier molecular flexibility index (Phi) is 6.20. The van der Waals surface area contributed by atoms with Gasteiger partial charge in [-0.15, -0.1) is 0 Å². The van der Waals surface area contributed by atoms with E-state index in [1.807, 2.05) is 26.0 Å². The summed E-state index contributed by atoms with van der Waals surface area (Å²) in [5.41, 5.74) is 0.917. The highest BCUT2D eigenvalue weighted by Gasteiger charge is 2.10. The number of rotatable bonds is 6. The van der Waals surface area contributed by atoms with E-state index in [0.29, 0.717) is 17.4 Å². The maximum Gasteiger partial charge on any atom is 0.315 e. The lowest BCUT2D eigenvalue weighted by Gasteiger charge is -2.12. The second-order valence-corrected chi connectivity index (χ2v) is 5.90. The molecule has 2 rings (SSSR count). The van der Waals surface area contributed by atoms with E-state index < -0.39 is 6.03 Å². The van der Waals surface area contributed by atoms with Crippen LogP contribution in [0.25, 0.3) is 0 Å². The molecule has 128 valence electrons. The molecular formula is C16H20ClN5O2. The molecule has 0 aliphatic rings. The van der Waals surface area contributed by atoms with Crippen molar-refractivity contribution < 1.29 is 9.59 Å². The van der Waals surface area contributed by atoms with Gasteiger partial charge in [-0.1, -0.05) is 23.7 Å². The smallest absolute Gasteiger partial charge is 0.315 e. The van der Waals surface area contributed by atoms with Crippen molar-refractivity contribution in [3.63, 3.8) is 0 Å². The number of benzene rings is 1. The van der Waals surface area contributed by atoms with Crippen molar-refractivity contribution in [3.05, 3.63) is 47.1 Å². The van der Waals surface area contributed by atoms with E-state index in [4.69, 9.17) is 11.6 Å². The van der Waals surface area contributed by atoms with Crippen LogP contribution in [0, 0.1) is 0 Å². The van der Waals surface area contributed by atoms with Crippen LogP contribution >= 0.6 is 11.6 Å². The summed E-state index contributed by atoms with van der Waals surface area (Å²) in [6, 6.07) is 8.57. The Morgan fingerprint density at radius 1 is 1.17 bits per heavy atom. The van der Waals surface area contributed by atoms with Crippen molar-refractivity contribution in [2.24, 2.45) is 0 Å². The molecule has 0 saturated heterocycles. The first-order valence-electron chi connectivity index (χ1n) is 7.55. The normalized spacial score (nSPS) is 10.5. The summed E-state index contributed by atoms with van der Waals surface area (Å²) in [5.74, 6) is 0.275.